The predicted molar refractivity (Wildman–Crippen MR) is 72.7 cm³/mol. The second-order valence-corrected chi connectivity index (χ2v) is 5.99. The smallest absolute Gasteiger partial charge is 0.308 e. The number of hydrogen-bond acceptors (Lipinski definition) is 5. The summed E-state index contributed by atoms with van der Waals surface area (Å²) in [5.74, 6) is -2.14. The zero-order valence-corrected chi connectivity index (χ0v) is 11.9. The maximum atomic E-state index is 11.7. The molecule has 20 heavy (non-hydrogen) atoms. The summed E-state index contributed by atoms with van der Waals surface area (Å²) in [4.78, 5) is 21.4. The van der Waals surface area contributed by atoms with E-state index in [1.165, 1.54) is 24.3 Å². The Balaban J connectivity index is 2.74. The molecule has 0 aliphatic carbocycles. The van der Waals surface area contributed by atoms with Crippen LogP contribution in [0.4, 0.5) is 5.69 Å². The molecule has 0 heterocycles. The van der Waals surface area contributed by atoms with Crippen molar-refractivity contribution in [3.05, 3.63) is 24.3 Å². The highest BCUT2D eigenvalue weighted by molar-refractivity contribution is 7.90. The lowest BCUT2D eigenvalue weighted by molar-refractivity contribution is -0.140. The maximum Gasteiger partial charge on any atom is 0.308 e. The number of nitrogens with one attached hydrogen (secondary N) is 2. The molecule has 1 atom stereocenters. The molecule has 110 valence electrons. The minimum absolute atomic E-state index is 0.0375. The molecule has 8 heteroatoms. The lowest BCUT2D eigenvalue weighted by atomic mass is 10.2. The van der Waals surface area contributed by atoms with Gasteiger partial charge in [0, 0.05) is 19.2 Å². The van der Waals surface area contributed by atoms with Crippen molar-refractivity contribution in [3.8, 4) is 0 Å². The number of sulfonamides is 1. The molecular weight excluding hydrogens is 284 g/mol. The second kappa shape index (κ2) is 6.38. The van der Waals surface area contributed by atoms with Crippen molar-refractivity contribution in [3.63, 3.8) is 0 Å². The summed E-state index contributed by atoms with van der Waals surface area (Å²) in [5, 5.41) is 11.6. The van der Waals surface area contributed by atoms with Crippen LogP contribution in [0.1, 0.15) is 13.8 Å². The normalized spacial score (nSPS) is 12.5. The topological polar surface area (TPSA) is 113 Å². The van der Waals surface area contributed by atoms with Crippen LogP contribution in [0.25, 0.3) is 0 Å². The van der Waals surface area contributed by atoms with Gasteiger partial charge in [-0.2, -0.15) is 0 Å². The monoisotopic (exact) mass is 300 g/mol. The fraction of sp³-hybridized carbons (Fsp3) is 0.333. The summed E-state index contributed by atoms with van der Waals surface area (Å²) in [5.41, 5.74) is 0.597. The van der Waals surface area contributed by atoms with Gasteiger partial charge in [0.1, 0.15) is 0 Å². The molecule has 0 bridgehead atoms. The van der Waals surface area contributed by atoms with Gasteiger partial charge in [-0.15, -0.1) is 0 Å². The molecule has 0 aliphatic rings. The summed E-state index contributed by atoms with van der Waals surface area (Å²) in [7, 11) is -3.84. The first-order chi connectivity index (χ1) is 9.22. The van der Waals surface area contributed by atoms with Crippen molar-refractivity contribution in [1.29, 1.82) is 0 Å². The van der Waals surface area contributed by atoms with Crippen LogP contribution in [0.3, 0.4) is 0 Å². The van der Waals surface area contributed by atoms with E-state index < -0.39 is 27.8 Å². The third-order valence-corrected chi connectivity index (χ3v) is 3.93. The molecule has 7 nitrogen and oxygen atoms in total. The molecule has 1 unspecified atom stereocenters. The molecule has 1 aromatic carbocycles. The van der Waals surface area contributed by atoms with Gasteiger partial charge in [-0.25, -0.2) is 13.1 Å². The van der Waals surface area contributed by atoms with Crippen LogP contribution in [0.15, 0.2) is 29.2 Å². The van der Waals surface area contributed by atoms with Gasteiger partial charge in [-0.3, -0.25) is 9.59 Å². The van der Waals surface area contributed by atoms with E-state index in [0.717, 1.165) is 6.92 Å². The van der Waals surface area contributed by atoms with Gasteiger partial charge < -0.3 is 10.4 Å². The number of amides is 1. The molecule has 0 spiro atoms. The fourth-order valence-corrected chi connectivity index (χ4v) is 2.35. The molecule has 1 rings (SSSR count). The van der Waals surface area contributed by atoms with Crippen LogP contribution in [0.2, 0.25) is 0 Å². The number of aliphatic carboxylic acids is 1. The van der Waals surface area contributed by atoms with Gasteiger partial charge in [-0.05, 0) is 24.3 Å². The number of carbonyl (C=O) groups is 2. The Morgan fingerprint density at radius 2 is 1.80 bits per heavy atom. The first kappa shape index (κ1) is 16.0. The summed E-state index contributed by atoms with van der Waals surface area (Å²) in [6, 6.07) is 5.67. The fourth-order valence-electron chi connectivity index (χ4n) is 1.36. The van der Waals surface area contributed by atoms with E-state index in [9.17, 15) is 18.0 Å². The van der Waals surface area contributed by atoms with Crippen molar-refractivity contribution >= 4 is 27.6 Å². The van der Waals surface area contributed by atoms with Crippen molar-refractivity contribution < 1.29 is 23.1 Å². The van der Waals surface area contributed by atoms with Gasteiger partial charge >= 0.3 is 5.97 Å². The third kappa shape index (κ3) is 4.54. The highest BCUT2D eigenvalue weighted by atomic mass is 32.2. The lowest BCUT2D eigenvalue weighted by Crippen LogP contribution is -2.28. The van der Waals surface area contributed by atoms with Crippen molar-refractivity contribution in [2.75, 3.05) is 11.9 Å². The zero-order valence-electron chi connectivity index (χ0n) is 11.1. The summed E-state index contributed by atoms with van der Waals surface area (Å²) in [6.45, 7) is 2.90. The second-order valence-electron chi connectivity index (χ2n) is 4.31. The summed E-state index contributed by atoms with van der Waals surface area (Å²) < 4.78 is 25.2. The third-order valence-electron chi connectivity index (χ3n) is 2.48. The first-order valence-corrected chi connectivity index (χ1v) is 7.31. The molecule has 0 fully saturated rings. The van der Waals surface area contributed by atoms with E-state index in [4.69, 9.17) is 5.11 Å². The average Bonchev–Trinajstić information content (AvgIpc) is 2.34. The molecule has 1 amide bonds. The molecule has 0 saturated heterocycles. The van der Waals surface area contributed by atoms with Crippen LogP contribution in [-0.2, 0) is 19.6 Å². The predicted octanol–water partition coefficient (Wildman–Crippen LogP) is 0.644. The Morgan fingerprint density at radius 3 is 2.25 bits per heavy atom. The Hall–Kier alpha value is -2.09. The SMILES string of the molecule is CC(=O)NS(=O)(=O)c1ccc(NCC(C)C(=O)O)cc1. The molecule has 0 radical (unpaired) electrons. The van der Waals surface area contributed by atoms with Gasteiger partial charge in [0.15, 0.2) is 0 Å². The number of hydrogen-bond donors (Lipinski definition) is 3. The van der Waals surface area contributed by atoms with E-state index in [-0.39, 0.29) is 11.4 Å². The Morgan fingerprint density at radius 1 is 1.25 bits per heavy atom. The number of carbonyl (C=O) groups excluding carboxylic acids is 1. The molecule has 0 aliphatic heterocycles. The van der Waals surface area contributed by atoms with Crippen molar-refractivity contribution in [2.24, 2.45) is 5.92 Å². The number of anilines is 1. The van der Waals surface area contributed by atoms with E-state index in [1.54, 1.807) is 6.92 Å². The van der Waals surface area contributed by atoms with Crippen molar-refractivity contribution in [2.45, 2.75) is 18.7 Å². The number of carboxylic acids is 1. The van der Waals surface area contributed by atoms with Crippen LogP contribution in [0, 0.1) is 5.92 Å². The summed E-state index contributed by atoms with van der Waals surface area (Å²) in [6.07, 6.45) is 0. The molecule has 0 aromatic heterocycles. The molecule has 0 saturated carbocycles. The summed E-state index contributed by atoms with van der Waals surface area (Å²) >= 11 is 0. The number of benzene rings is 1. The quantitative estimate of drug-likeness (QED) is 0.711. The minimum Gasteiger partial charge on any atom is -0.481 e. The van der Waals surface area contributed by atoms with Crippen molar-refractivity contribution in [1.82, 2.24) is 4.72 Å². The first-order valence-electron chi connectivity index (χ1n) is 5.82. The maximum absolute atomic E-state index is 11.7. The van der Waals surface area contributed by atoms with Gasteiger partial charge in [0.05, 0.1) is 10.8 Å². The molecule has 1 aromatic rings. The average molecular weight is 300 g/mol. The largest absolute Gasteiger partial charge is 0.481 e. The van der Waals surface area contributed by atoms with Crippen LogP contribution in [-0.4, -0.2) is 31.9 Å². The van der Waals surface area contributed by atoms with Gasteiger partial charge in [0.25, 0.3) is 10.0 Å². The Kier molecular flexibility index (Phi) is 5.09. The van der Waals surface area contributed by atoms with E-state index in [1.807, 2.05) is 4.72 Å². The zero-order chi connectivity index (χ0) is 15.3. The van der Waals surface area contributed by atoms with Gasteiger partial charge in [0.2, 0.25) is 5.91 Å². The van der Waals surface area contributed by atoms with Crippen LogP contribution in [0.5, 0.6) is 0 Å². The van der Waals surface area contributed by atoms with E-state index in [2.05, 4.69) is 5.32 Å². The number of carboxylic acid groups (broad SMARTS) is 1. The van der Waals surface area contributed by atoms with Crippen LogP contribution < -0.4 is 10.0 Å². The lowest BCUT2D eigenvalue weighted by Gasteiger charge is -2.10. The molecule has 3 N–H and O–H groups in total. The van der Waals surface area contributed by atoms with Crippen LogP contribution >= 0.6 is 0 Å². The highest BCUT2D eigenvalue weighted by Crippen LogP contribution is 2.14. The van der Waals surface area contributed by atoms with E-state index >= 15 is 0 Å². The Bertz CT molecular complexity index is 595. The standard InChI is InChI=1S/C12H16N2O5S/c1-8(12(16)17)7-13-10-3-5-11(6-4-10)20(18,19)14-9(2)15/h3-6,8,13H,7H2,1-2H3,(H,14,15)(H,16,17). The Labute approximate surface area is 117 Å². The minimum atomic E-state index is -3.84. The van der Waals surface area contributed by atoms with E-state index in [0.29, 0.717) is 5.69 Å². The molecular formula is C12H16N2O5S. The highest BCUT2D eigenvalue weighted by Gasteiger charge is 2.15. The number of rotatable bonds is 6. The van der Waals surface area contributed by atoms with Gasteiger partial charge in [-0.1, -0.05) is 6.92 Å².